The van der Waals surface area contributed by atoms with Crippen molar-refractivity contribution in [3.05, 3.63) is 27.1 Å². The largest absolute Gasteiger partial charge is 0.393 e. The lowest BCUT2D eigenvalue weighted by Crippen LogP contribution is -2.10. The Morgan fingerprint density at radius 1 is 1.39 bits per heavy atom. The summed E-state index contributed by atoms with van der Waals surface area (Å²) in [5.74, 6) is 0.549. The molecule has 2 aromatic rings. The molecule has 0 bridgehead atoms. The number of nitrogens with two attached hydrogens (primary N) is 1. The van der Waals surface area contributed by atoms with Crippen molar-refractivity contribution in [1.29, 1.82) is 0 Å². The third-order valence-corrected chi connectivity index (χ3v) is 4.08. The molecule has 0 aliphatic carbocycles. The molecule has 0 radical (unpaired) electrons. The summed E-state index contributed by atoms with van der Waals surface area (Å²) in [6.45, 7) is 6.02. The molecule has 2 heterocycles. The molecule has 2 aromatic heterocycles. The number of hydrogen-bond acceptors (Lipinski definition) is 6. The lowest BCUT2D eigenvalue weighted by molar-refractivity contribution is 0.878. The molecule has 1 atom stereocenters. The van der Waals surface area contributed by atoms with Crippen LogP contribution in [0, 0.1) is 13.8 Å². The van der Waals surface area contributed by atoms with Crippen LogP contribution < -0.4 is 11.1 Å². The maximum absolute atomic E-state index is 5.85. The third-order valence-electron chi connectivity index (χ3n) is 2.52. The Balaban J connectivity index is 2.24. The predicted octanol–water partition coefficient (Wildman–Crippen LogP) is 2.96. The van der Waals surface area contributed by atoms with E-state index in [1.165, 1.54) is 11.2 Å². The number of hydrogen-bond donors (Lipinski definition) is 2. The highest BCUT2D eigenvalue weighted by molar-refractivity contribution is 7.11. The molecule has 0 saturated heterocycles. The summed E-state index contributed by atoms with van der Waals surface area (Å²) in [5, 5.41) is 4.54. The standard InChI is InChI=1S/C11H14ClN5S/c1-5-9(18-7(3)16-5)6(2)17-11-8(13)10(12)14-4-15-11/h4,6H,13H2,1-3H3,(H,14,15,17). The van der Waals surface area contributed by atoms with Crippen molar-refractivity contribution in [3.8, 4) is 0 Å². The van der Waals surface area contributed by atoms with Crippen LogP contribution in [-0.4, -0.2) is 15.0 Å². The second-order valence-corrected chi connectivity index (χ2v) is 5.57. The molecule has 18 heavy (non-hydrogen) atoms. The minimum absolute atomic E-state index is 0.0736. The highest BCUT2D eigenvalue weighted by Gasteiger charge is 2.15. The highest BCUT2D eigenvalue weighted by Crippen LogP contribution is 2.30. The average molecular weight is 284 g/mol. The summed E-state index contributed by atoms with van der Waals surface area (Å²) in [7, 11) is 0. The monoisotopic (exact) mass is 283 g/mol. The van der Waals surface area contributed by atoms with Gasteiger partial charge in [-0.15, -0.1) is 11.3 Å². The van der Waals surface area contributed by atoms with Gasteiger partial charge in [0, 0.05) is 4.88 Å². The zero-order valence-corrected chi connectivity index (χ0v) is 11.9. The molecule has 0 aliphatic rings. The molecular formula is C11H14ClN5S. The van der Waals surface area contributed by atoms with Crippen LogP contribution in [0.1, 0.15) is 28.5 Å². The van der Waals surface area contributed by atoms with Crippen molar-refractivity contribution in [2.75, 3.05) is 11.1 Å². The van der Waals surface area contributed by atoms with Crippen molar-refractivity contribution < 1.29 is 0 Å². The summed E-state index contributed by atoms with van der Waals surface area (Å²) >= 11 is 7.51. The summed E-state index contributed by atoms with van der Waals surface area (Å²) < 4.78 is 0. The number of thiazole rings is 1. The van der Waals surface area contributed by atoms with E-state index < -0.39 is 0 Å². The van der Waals surface area contributed by atoms with Crippen LogP contribution in [0.3, 0.4) is 0 Å². The Morgan fingerprint density at radius 3 is 2.72 bits per heavy atom. The molecule has 1 unspecified atom stereocenters. The van der Waals surface area contributed by atoms with E-state index in [1.54, 1.807) is 11.3 Å². The van der Waals surface area contributed by atoms with Crippen LogP contribution in [0.15, 0.2) is 6.33 Å². The molecule has 0 fully saturated rings. The lowest BCUT2D eigenvalue weighted by atomic mass is 10.2. The summed E-state index contributed by atoms with van der Waals surface area (Å²) in [4.78, 5) is 13.5. The van der Waals surface area contributed by atoms with E-state index in [4.69, 9.17) is 17.3 Å². The number of aryl methyl sites for hydroxylation is 2. The topological polar surface area (TPSA) is 76.7 Å². The van der Waals surface area contributed by atoms with Gasteiger partial charge in [0.1, 0.15) is 12.0 Å². The lowest BCUT2D eigenvalue weighted by Gasteiger charge is -2.15. The van der Waals surface area contributed by atoms with Crippen LogP contribution in [0.2, 0.25) is 5.15 Å². The fourth-order valence-corrected chi connectivity index (χ4v) is 2.77. The number of anilines is 2. The molecule has 7 heteroatoms. The Hall–Kier alpha value is -1.40. The Morgan fingerprint density at radius 2 is 2.11 bits per heavy atom. The maximum atomic E-state index is 5.85. The van der Waals surface area contributed by atoms with Crippen LogP contribution in [0.5, 0.6) is 0 Å². The minimum Gasteiger partial charge on any atom is -0.393 e. The Bertz CT molecular complexity index is 569. The molecule has 0 saturated carbocycles. The molecule has 0 aromatic carbocycles. The van der Waals surface area contributed by atoms with Crippen molar-refractivity contribution in [2.45, 2.75) is 26.8 Å². The average Bonchev–Trinajstić information content (AvgIpc) is 2.64. The highest BCUT2D eigenvalue weighted by atomic mass is 35.5. The van der Waals surface area contributed by atoms with E-state index in [9.17, 15) is 0 Å². The maximum Gasteiger partial charge on any atom is 0.157 e. The van der Waals surface area contributed by atoms with Gasteiger partial charge >= 0.3 is 0 Å². The molecule has 3 N–H and O–H groups in total. The SMILES string of the molecule is Cc1nc(C)c(C(C)Nc2ncnc(Cl)c2N)s1. The quantitative estimate of drug-likeness (QED) is 0.847. The third kappa shape index (κ3) is 2.54. The van der Waals surface area contributed by atoms with E-state index in [1.807, 2.05) is 20.8 Å². The second-order valence-electron chi connectivity index (χ2n) is 3.98. The number of halogens is 1. The first-order valence-corrected chi connectivity index (χ1v) is 6.65. The summed E-state index contributed by atoms with van der Waals surface area (Å²) in [6.07, 6.45) is 1.39. The number of nitrogen functional groups attached to an aromatic ring is 1. The second kappa shape index (κ2) is 5.07. The normalized spacial score (nSPS) is 12.4. The number of aromatic nitrogens is 3. The predicted molar refractivity (Wildman–Crippen MR) is 75.1 cm³/mol. The molecule has 0 spiro atoms. The van der Waals surface area contributed by atoms with Gasteiger partial charge in [0.15, 0.2) is 11.0 Å². The van der Waals surface area contributed by atoms with Crippen LogP contribution >= 0.6 is 22.9 Å². The molecule has 0 aliphatic heterocycles. The first-order chi connectivity index (χ1) is 8.49. The molecule has 2 rings (SSSR count). The van der Waals surface area contributed by atoms with Gasteiger partial charge in [0.2, 0.25) is 0 Å². The van der Waals surface area contributed by atoms with E-state index >= 15 is 0 Å². The fourth-order valence-electron chi connectivity index (χ4n) is 1.71. The van der Waals surface area contributed by atoms with Crippen molar-refractivity contribution in [1.82, 2.24) is 15.0 Å². The molecule has 5 nitrogen and oxygen atoms in total. The first-order valence-electron chi connectivity index (χ1n) is 5.45. The van der Waals surface area contributed by atoms with Gasteiger partial charge in [0.25, 0.3) is 0 Å². The van der Waals surface area contributed by atoms with Gasteiger partial charge < -0.3 is 11.1 Å². The van der Waals surface area contributed by atoms with E-state index in [0.29, 0.717) is 11.5 Å². The van der Waals surface area contributed by atoms with Crippen LogP contribution in [0.4, 0.5) is 11.5 Å². The molecule has 0 amide bonds. The Kier molecular flexibility index (Phi) is 3.68. The minimum atomic E-state index is 0.0736. The summed E-state index contributed by atoms with van der Waals surface area (Å²) in [5.41, 5.74) is 7.21. The van der Waals surface area contributed by atoms with Gasteiger partial charge in [-0.3, -0.25) is 0 Å². The first kappa shape index (κ1) is 13.0. The van der Waals surface area contributed by atoms with Gasteiger partial charge in [-0.2, -0.15) is 0 Å². The fraction of sp³-hybridized carbons (Fsp3) is 0.364. The van der Waals surface area contributed by atoms with Gasteiger partial charge in [0.05, 0.1) is 16.7 Å². The number of nitrogens with one attached hydrogen (secondary N) is 1. The van der Waals surface area contributed by atoms with Crippen LogP contribution in [-0.2, 0) is 0 Å². The molecular weight excluding hydrogens is 270 g/mol. The van der Waals surface area contributed by atoms with Gasteiger partial charge in [-0.05, 0) is 20.8 Å². The van der Waals surface area contributed by atoms with E-state index in [0.717, 1.165) is 10.7 Å². The van der Waals surface area contributed by atoms with Crippen molar-refractivity contribution >= 4 is 34.4 Å². The van der Waals surface area contributed by atoms with Gasteiger partial charge in [-0.25, -0.2) is 15.0 Å². The Labute approximate surface area is 114 Å². The number of nitrogens with zero attached hydrogens (tertiary/aromatic N) is 3. The van der Waals surface area contributed by atoms with Crippen molar-refractivity contribution in [2.24, 2.45) is 0 Å². The zero-order chi connectivity index (χ0) is 13.3. The van der Waals surface area contributed by atoms with Crippen molar-refractivity contribution in [3.63, 3.8) is 0 Å². The summed E-state index contributed by atoms with van der Waals surface area (Å²) in [6, 6.07) is 0.0736. The van der Waals surface area contributed by atoms with E-state index in [2.05, 4.69) is 20.3 Å². The van der Waals surface area contributed by atoms with Crippen LogP contribution in [0.25, 0.3) is 0 Å². The van der Waals surface area contributed by atoms with Gasteiger partial charge in [-0.1, -0.05) is 11.6 Å². The smallest absolute Gasteiger partial charge is 0.157 e. The molecule has 96 valence electrons. The number of rotatable bonds is 3. The zero-order valence-electron chi connectivity index (χ0n) is 10.4. The van der Waals surface area contributed by atoms with E-state index in [-0.39, 0.29) is 11.2 Å².